The predicted octanol–water partition coefficient (Wildman–Crippen LogP) is 3.80. The fourth-order valence-corrected chi connectivity index (χ4v) is 2.66. The van der Waals surface area contributed by atoms with Crippen LogP contribution < -0.4 is 0 Å². The molecular formula is C26H42O8. The molecule has 194 valence electrons. The summed E-state index contributed by atoms with van der Waals surface area (Å²) < 4.78 is 42.7. The van der Waals surface area contributed by atoms with Crippen LogP contribution >= 0.6 is 0 Å². The Balaban J connectivity index is 2.25. The lowest BCUT2D eigenvalue weighted by Crippen LogP contribution is -2.10. The highest BCUT2D eigenvalue weighted by Gasteiger charge is 2.01. The maximum atomic E-state index is 5.62. The molecule has 8 nitrogen and oxygen atoms in total. The number of rotatable bonds is 22. The highest BCUT2D eigenvalue weighted by molar-refractivity contribution is 5.70. The molecular weight excluding hydrogens is 440 g/mol. The van der Waals surface area contributed by atoms with E-state index in [-0.39, 0.29) is 0 Å². The average Bonchev–Trinajstić information content (AvgIpc) is 2.86. The van der Waals surface area contributed by atoms with Crippen molar-refractivity contribution in [3.8, 4) is 0 Å². The summed E-state index contributed by atoms with van der Waals surface area (Å²) >= 11 is 0. The molecule has 0 heterocycles. The summed E-state index contributed by atoms with van der Waals surface area (Å²) in [6, 6.07) is 8.26. The molecule has 1 aromatic rings. The van der Waals surface area contributed by atoms with Crippen molar-refractivity contribution >= 4 is 11.1 Å². The summed E-state index contributed by atoms with van der Waals surface area (Å²) in [4.78, 5) is 0. The second-order valence-corrected chi connectivity index (χ2v) is 7.36. The minimum atomic E-state index is 0.489. The quantitative estimate of drug-likeness (QED) is 0.183. The molecule has 0 aliphatic rings. The fourth-order valence-electron chi connectivity index (χ4n) is 2.66. The number of methoxy groups -OCH3 is 2. The van der Waals surface area contributed by atoms with Crippen molar-refractivity contribution < 1.29 is 37.9 Å². The molecule has 0 bridgehead atoms. The van der Waals surface area contributed by atoms with E-state index in [0.29, 0.717) is 79.3 Å². The van der Waals surface area contributed by atoms with Gasteiger partial charge in [0.1, 0.15) is 13.2 Å². The molecule has 1 aromatic carbocycles. The zero-order chi connectivity index (χ0) is 24.7. The smallest absolute Gasteiger partial charge is 0.111 e. The Morgan fingerprint density at radius 1 is 0.559 bits per heavy atom. The zero-order valence-corrected chi connectivity index (χ0v) is 21.2. The molecule has 0 amide bonds. The summed E-state index contributed by atoms with van der Waals surface area (Å²) in [6.45, 7) is 10.6. The highest BCUT2D eigenvalue weighted by Crippen LogP contribution is 2.20. The van der Waals surface area contributed by atoms with Gasteiger partial charge in [0.15, 0.2) is 0 Å². The van der Waals surface area contributed by atoms with Crippen molar-refractivity contribution in [2.75, 3.05) is 93.5 Å². The molecule has 0 radical (unpaired) electrons. The van der Waals surface area contributed by atoms with Gasteiger partial charge in [-0.1, -0.05) is 18.2 Å². The van der Waals surface area contributed by atoms with E-state index in [4.69, 9.17) is 37.9 Å². The SMILES string of the molecule is COCCOCCOCCOC=C(C)c1cccc(/C(C)=C\OCCOCCOCCOC)c1. The van der Waals surface area contributed by atoms with Crippen LogP contribution in [0.25, 0.3) is 11.1 Å². The van der Waals surface area contributed by atoms with Crippen molar-refractivity contribution in [1.82, 2.24) is 0 Å². The van der Waals surface area contributed by atoms with Crippen molar-refractivity contribution in [2.24, 2.45) is 0 Å². The van der Waals surface area contributed by atoms with Crippen LogP contribution in [0.3, 0.4) is 0 Å². The van der Waals surface area contributed by atoms with Gasteiger partial charge in [-0.2, -0.15) is 0 Å². The van der Waals surface area contributed by atoms with E-state index < -0.39 is 0 Å². The Hall–Kier alpha value is -1.94. The van der Waals surface area contributed by atoms with E-state index in [1.165, 1.54) is 0 Å². The first-order chi connectivity index (χ1) is 16.7. The Morgan fingerprint density at radius 3 is 1.29 bits per heavy atom. The summed E-state index contributed by atoms with van der Waals surface area (Å²) in [5.74, 6) is 0. The average molecular weight is 483 g/mol. The van der Waals surface area contributed by atoms with Crippen LogP contribution in [0.1, 0.15) is 25.0 Å². The molecule has 1 rings (SSSR count). The maximum Gasteiger partial charge on any atom is 0.111 e. The molecule has 0 aromatic heterocycles. The molecule has 0 saturated carbocycles. The van der Waals surface area contributed by atoms with E-state index in [2.05, 4.69) is 18.2 Å². The third kappa shape index (κ3) is 15.8. The van der Waals surface area contributed by atoms with Gasteiger partial charge in [0, 0.05) is 14.2 Å². The van der Waals surface area contributed by atoms with Gasteiger partial charge in [-0.05, 0) is 42.2 Å². The third-order valence-corrected chi connectivity index (χ3v) is 4.59. The largest absolute Gasteiger partial charge is 0.498 e. The van der Waals surface area contributed by atoms with E-state index in [9.17, 15) is 0 Å². The number of hydrogen-bond donors (Lipinski definition) is 0. The molecule has 0 atom stereocenters. The van der Waals surface area contributed by atoms with Crippen LogP contribution in [0.4, 0.5) is 0 Å². The second kappa shape index (κ2) is 21.6. The first kappa shape index (κ1) is 30.1. The zero-order valence-electron chi connectivity index (χ0n) is 21.2. The van der Waals surface area contributed by atoms with Gasteiger partial charge in [-0.15, -0.1) is 0 Å². The maximum absolute atomic E-state index is 5.62. The van der Waals surface area contributed by atoms with Crippen molar-refractivity contribution in [1.29, 1.82) is 0 Å². The van der Waals surface area contributed by atoms with Crippen LogP contribution in [0.5, 0.6) is 0 Å². The van der Waals surface area contributed by atoms with Gasteiger partial charge < -0.3 is 37.9 Å². The molecule has 0 unspecified atom stereocenters. The minimum absolute atomic E-state index is 0.489. The lowest BCUT2D eigenvalue weighted by Gasteiger charge is -2.09. The third-order valence-electron chi connectivity index (χ3n) is 4.59. The van der Waals surface area contributed by atoms with Gasteiger partial charge in [-0.25, -0.2) is 0 Å². The van der Waals surface area contributed by atoms with Crippen LogP contribution in [-0.4, -0.2) is 93.5 Å². The van der Waals surface area contributed by atoms with Gasteiger partial charge in [0.25, 0.3) is 0 Å². The van der Waals surface area contributed by atoms with Gasteiger partial charge in [0.05, 0.1) is 78.6 Å². The van der Waals surface area contributed by atoms with Crippen molar-refractivity contribution in [2.45, 2.75) is 13.8 Å². The standard InChI is InChI=1S/C26H42O8/c1-23(21-33-18-16-31-14-12-29-10-8-27-3)25-6-5-7-26(20-25)24(2)22-34-19-17-32-15-13-30-11-9-28-4/h5-7,20-22H,8-19H2,1-4H3/b23-21-,24-22?. The first-order valence-electron chi connectivity index (χ1n) is 11.7. The summed E-state index contributed by atoms with van der Waals surface area (Å²) in [5, 5.41) is 0. The normalized spacial score (nSPS) is 12.2. The molecule has 0 aliphatic heterocycles. The summed E-state index contributed by atoms with van der Waals surface area (Å²) in [6.07, 6.45) is 3.53. The Bertz CT molecular complexity index is 621. The fraction of sp³-hybridized carbons (Fsp3) is 0.615. The number of ether oxygens (including phenoxy) is 8. The van der Waals surface area contributed by atoms with E-state index in [0.717, 1.165) is 22.3 Å². The van der Waals surface area contributed by atoms with Gasteiger partial charge in [-0.3, -0.25) is 0 Å². The Labute approximate surface area is 204 Å². The lowest BCUT2D eigenvalue weighted by molar-refractivity contribution is 0.0144. The molecule has 0 spiro atoms. The van der Waals surface area contributed by atoms with Gasteiger partial charge in [0.2, 0.25) is 0 Å². The number of allylic oxidation sites excluding steroid dienone is 2. The van der Waals surface area contributed by atoms with E-state index >= 15 is 0 Å². The Morgan fingerprint density at radius 2 is 0.912 bits per heavy atom. The monoisotopic (exact) mass is 482 g/mol. The number of benzene rings is 1. The molecule has 0 saturated heterocycles. The predicted molar refractivity (Wildman–Crippen MR) is 133 cm³/mol. The van der Waals surface area contributed by atoms with Crippen molar-refractivity contribution in [3.05, 3.63) is 47.9 Å². The van der Waals surface area contributed by atoms with Crippen LogP contribution in [0, 0.1) is 0 Å². The molecule has 0 aliphatic carbocycles. The minimum Gasteiger partial charge on any atom is -0.498 e. The van der Waals surface area contributed by atoms with Crippen LogP contribution in [0.15, 0.2) is 36.8 Å². The summed E-state index contributed by atoms with van der Waals surface area (Å²) in [5.41, 5.74) is 4.27. The molecule has 0 N–H and O–H groups in total. The first-order valence-corrected chi connectivity index (χ1v) is 11.7. The molecule has 34 heavy (non-hydrogen) atoms. The van der Waals surface area contributed by atoms with E-state index in [1.54, 1.807) is 26.7 Å². The molecule has 0 fully saturated rings. The van der Waals surface area contributed by atoms with Crippen LogP contribution in [-0.2, 0) is 37.9 Å². The van der Waals surface area contributed by atoms with Crippen LogP contribution in [0.2, 0.25) is 0 Å². The topological polar surface area (TPSA) is 73.8 Å². The number of hydrogen-bond acceptors (Lipinski definition) is 8. The second-order valence-electron chi connectivity index (χ2n) is 7.36. The summed E-state index contributed by atoms with van der Waals surface area (Å²) in [7, 11) is 3.30. The highest BCUT2D eigenvalue weighted by atomic mass is 16.6. The van der Waals surface area contributed by atoms with Crippen molar-refractivity contribution in [3.63, 3.8) is 0 Å². The lowest BCUT2D eigenvalue weighted by atomic mass is 10.0. The molecule has 8 heteroatoms. The van der Waals surface area contributed by atoms with E-state index in [1.807, 2.05) is 19.9 Å². The Kier molecular flexibility index (Phi) is 19.1. The van der Waals surface area contributed by atoms with Gasteiger partial charge >= 0.3 is 0 Å².